The van der Waals surface area contributed by atoms with Gasteiger partial charge in [0.2, 0.25) is 5.91 Å². The van der Waals surface area contributed by atoms with Gasteiger partial charge in [0.05, 0.1) is 12.1 Å². The first-order valence-electron chi connectivity index (χ1n) is 7.17. The summed E-state index contributed by atoms with van der Waals surface area (Å²) in [6.45, 7) is 9.18. The molecule has 6 heteroatoms. The van der Waals surface area contributed by atoms with E-state index in [1.807, 2.05) is 24.1 Å². The molecule has 112 valence electrons. The first-order chi connectivity index (χ1) is 9.60. The number of carbonyl (C=O) groups excluding carboxylic acids is 1. The van der Waals surface area contributed by atoms with E-state index in [9.17, 15) is 4.79 Å². The second-order valence-corrected chi connectivity index (χ2v) is 6.04. The first-order valence-corrected chi connectivity index (χ1v) is 8.05. The van der Waals surface area contributed by atoms with Crippen LogP contribution in [-0.4, -0.2) is 48.1 Å². The molecule has 1 aromatic rings. The number of hydrogen-bond acceptors (Lipinski definition) is 5. The molecule has 0 unspecified atom stereocenters. The highest BCUT2D eigenvalue weighted by Gasteiger charge is 2.21. The maximum absolute atomic E-state index is 12.2. The van der Waals surface area contributed by atoms with Gasteiger partial charge in [-0.25, -0.2) is 4.98 Å². The summed E-state index contributed by atoms with van der Waals surface area (Å²) in [5, 5.41) is 6.25. The van der Waals surface area contributed by atoms with Gasteiger partial charge in [-0.2, -0.15) is 0 Å². The van der Waals surface area contributed by atoms with Gasteiger partial charge in [-0.05, 0) is 20.8 Å². The Bertz CT molecular complexity index is 449. The van der Waals surface area contributed by atoms with Crippen molar-refractivity contribution in [3.8, 4) is 0 Å². The summed E-state index contributed by atoms with van der Waals surface area (Å²) in [5.74, 6) is 0.166. The van der Waals surface area contributed by atoms with Crippen LogP contribution < -0.4 is 5.32 Å². The third kappa shape index (κ3) is 4.01. The fourth-order valence-corrected chi connectivity index (χ4v) is 3.16. The summed E-state index contributed by atoms with van der Waals surface area (Å²) in [6, 6.07) is 0.372. The summed E-state index contributed by atoms with van der Waals surface area (Å²) >= 11 is 1.57. The Balaban J connectivity index is 1.91. The van der Waals surface area contributed by atoms with E-state index in [1.54, 1.807) is 11.3 Å². The Labute approximate surface area is 124 Å². The average molecular weight is 297 g/mol. The van der Waals surface area contributed by atoms with E-state index in [-0.39, 0.29) is 12.0 Å². The van der Waals surface area contributed by atoms with Crippen molar-refractivity contribution < 1.29 is 9.53 Å². The third-order valence-electron chi connectivity index (χ3n) is 3.39. The van der Waals surface area contributed by atoms with Gasteiger partial charge < -0.3 is 15.0 Å². The summed E-state index contributed by atoms with van der Waals surface area (Å²) in [6.07, 6.45) is 0.398. The number of piperazine rings is 1. The molecule has 0 saturated carbocycles. The lowest BCUT2D eigenvalue weighted by atomic mass is 10.2. The molecule has 2 heterocycles. The molecule has 0 bridgehead atoms. The topological polar surface area (TPSA) is 54.5 Å². The van der Waals surface area contributed by atoms with Gasteiger partial charge in [-0.1, -0.05) is 0 Å². The molecule has 2 atom stereocenters. The van der Waals surface area contributed by atoms with Gasteiger partial charge in [-0.15, -0.1) is 11.3 Å². The van der Waals surface area contributed by atoms with Crippen molar-refractivity contribution in [3.05, 3.63) is 16.1 Å². The van der Waals surface area contributed by atoms with Crippen LogP contribution in [0.4, 0.5) is 0 Å². The van der Waals surface area contributed by atoms with Crippen LogP contribution in [0.1, 0.15) is 37.6 Å². The number of hydrogen-bond donors (Lipinski definition) is 1. The summed E-state index contributed by atoms with van der Waals surface area (Å²) in [5.41, 5.74) is 0.854. The molecule has 2 rings (SSSR count). The molecule has 1 aliphatic heterocycles. The third-order valence-corrected chi connectivity index (χ3v) is 4.44. The van der Waals surface area contributed by atoms with Gasteiger partial charge >= 0.3 is 0 Å². The molecular formula is C14H23N3O2S. The standard InChI is InChI=1S/C14H23N3O2S/c1-4-19-11(3)14-16-12(9-20-14)7-13(18)17-6-5-15-10(2)8-17/h9-11,15H,4-8H2,1-3H3/t10-,11-/m0/s1. The Hall–Kier alpha value is -0.980. The number of thiazole rings is 1. The van der Waals surface area contributed by atoms with Crippen LogP contribution in [0, 0.1) is 0 Å². The summed E-state index contributed by atoms with van der Waals surface area (Å²) in [4.78, 5) is 18.7. The zero-order valence-corrected chi connectivity index (χ0v) is 13.2. The highest BCUT2D eigenvalue weighted by molar-refractivity contribution is 7.09. The zero-order chi connectivity index (χ0) is 14.5. The van der Waals surface area contributed by atoms with E-state index in [0.717, 1.165) is 30.3 Å². The quantitative estimate of drug-likeness (QED) is 0.897. The molecule has 1 fully saturated rings. The minimum atomic E-state index is 0.00746. The van der Waals surface area contributed by atoms with Crippen LogP contribution >= 0.6 is 11.3 Å². The summed E-state index contributed by atoms with van der Waals surface area (Å²) < 4.78 is 5.52. The van der Waals surface area contributed by atoms with Crippen LogP contribution in [0.2, 0.25) is 0 Å². The predicted molar refractivity (Wildman–Crippen MR) is 79.9 cm³/mol. The molecule has 1 saturated heterocycles. The minimum absolute atomic E-state index is 0.00746. The van der Waals surface area contributed by atoms with E-state index >= 15 is 0 Å². The Morgan fingerprint density at radius 1 is 1.70 bits per heavy atom. The van der Waals surface area contributed by atoms with Crippen molar-refractivity contribution in [2.24, 2.45) is 0 Å². The van der Waals surface area contributed by atoms with Gasteiger partial charge in [-0.3, -0.25) is 4.79 Å². The largest absolute Gasteiger partial charge is 0.372 e. The normalized spacial score (nSPS) is 20.9. The Morgan fingerprint density at radius 2 is 2.50 bits per heavy atom. The lowest BCUT2D eigenvalue weighted by molar-refractivity contribution is -0.131. The second kappa shape index (κ2) is 7.15. The van der Waals surface area contributed by atoms with Crippen molar-refractivity contribution in [3.63, 3.8) is 0 Å². The van der Waals surface area contributed by atoms with Crippen molar-refractivity contribution in [1.29, 1.82) is 0 Å². The fourth-order valence-electron chi connectivity index (χ4n) is 2.34. The van der Waals surface area contributed by atoms with E-state index < -0.39 is 0 Å². The molecule has 20 heavy (non-hydrogen) atoms. The molecule has 1 amide bonds. The van der Waals surface area contributed by atoms with Crippen LogP contribution in [0.15, 0.2) is 5.38 Å². The molecule has 0 aromatic carbocycles. The highest BCUT2D eigenvalue weighted by atomic mass is 32.1. The minimum Gasteiger partial charge on any atom is -0.372 e. The van der Waals surface area contributed by atoms with Crippen LogP contribution in [-0.2, 0) is 16.0 Å². The fraction of sp³-hybridized carbons (Fsp3) is 0.714. The molecule has 0 spiro atoms. The molecule has 0 radical (unpaired) electrons. The zero-order valence-electron chi connectivity index (χ0n) is 12.4. The number of rotatable bonds is 5. The van der Waals surface area contributed by atoms with Crippen molar-refractivity contribution >= 4 is 17.2 Å². The number of nitrogens with one attached hydrogen (secondary N) is 1. The van der Waals surface area contributed by atoms with Gasteiger partial charge in [0, 0.05) is 37.7 Å². The lowest BCUT2D eigenvalue weighted by Crippen LogP contribution is -2.51. The molecule has 1 N–H and O–H groups in total. The van der Waals surface area contributed by atoms with Gasteiger partial charge in [0.25, 0.3) is 0 Å². The highest BCUT2D eigenvalue weighted by Crippen LogP contribution is 2.21. The van der Waals surface area contributed by atoms with Crippen molar-refractivity contribution in [1.82, 2.24) is 15.2 Å². The van der Waals surface area contributed by atoms with Crippen LogP contribution in [0.5, 0.6) is 0 Å². The number of nitrogens with zero attached hydrogens (tertiary/aromatic N) is 2. The maximum Gasteiger partial charge on any atom is 0.228 e. The van der Waals surface area contributed by atoms with E-state index in [4.69, 9.17) is 4.74 Å². The number of amides is 1. The number of aromatic nitrogens is 1. The molecule has 1 aromatic heterocycles. The van der Waals surface area contributed by atoms with E-state index in [0.29, 0.717) is 19.1 Å². The smallest absolute Gasteiger partial charge is 0.228 e. The van der Waals surface area contributed by atoms with Crippen molar-refractivity contribution in [2.45, 2.75) is 39.3 Å². The molecular weight excluding hydrogens is 274 g/mol. The Morgan fingerprint density at radius 3 is 3.20 bits per heavy atom. The monoisotopic (exact) mass is 297 g/mol. The van der Waals surface area contributed by atoms with Crippen LogP contribution in [0.25, 0.3) is 0 Å². The predicted octanol–water partition coefficient (Wildman–Crippen LogP) is 1.60. The van der Waals surface area contributed by atoms with Crippen LogP contribution in [0.3, 0.4) is 0 Å². The van der Waals surface area contributed by atoms with Gasteiger partial charge in [0.1, 0.15) is 11.1 Å². The molecule has 5 nitrogen and oxygen atoms in total. The number of ether oxygens (including phenoxy) is 1. The lowest BCUT2D eigenvalue weighted by Gasteiger charge is -2.31. The first kappa shape index (κ1) is 15.4. The van der Waals surface area contributed by atoms with E-state index in [1.165, 1.54) is 0 Å². The Kier molecular flexibility index (Phi) is 5.51. The number of carbonyl (C=O) groups is 1. The van der Waals surface area contributed by atoms with E-state index in [2.05, 4.69) is 17.2 Å². The van der Waals surface area contributed by atoms with Gasteiger partial charge in [0.15, 0.2) is 0 Å². The average Bonchev–Trinajstić information content (AvgIpc) is 2.87. The second-order valence-electron chi connectivity index (χ2n) is 5.15. The van der Waals surface area contributed by atoms with Crippen molar-refractivity contribution in [2.75, 3.05) is 26.2 Å². The molecule has 1 aliphatic rings. The SMILES string of the molecule is CCO[C@@H](C)c1nc(CC(=O)N2CCN[C@@H](C)C2)cs1. The maximum atomic E-state index is 12.2. The summed E-state index contributed by atoms with van der Waals surface area (Å²) in [7, 11) is 0. The molecule has 0 aliphatic carbocycles.